The van der Waals surface area contributed by atoms with Crippen LogP contribution in [-0.2, 0) is 14.4 Å². The molecule has 11 nitrogen and oxygen atoms in total. The molecule has 40 heavy (non-hydrogen) atoms. The van der Waals surface area contributed by atoms with Crippen molar-refractivity contribution in [3.63, 3.8) is 0 Å². The van der Waals surface area contributed by atoms with Crippen LogP contribution in [0.1, 0.15) is 88.6 Å². The average Bonchev–Trinajstić information content (AvgIpc) is 3.83. The molecule has 4 aliphatic rings. The van der Waals surface area contributed by atoms with Gasteiger partial charge >= 0.3 is 0 Å². The fraction of sp³-hybridized carbons (Fsp3) is 0.655. The summed E-state index contributed by atoms with van der Waals surface area (Å²) in [5.74, 6) is -0.120. The Hall–Kier alpha value is -3.34. The number of nitrogens with zero attached hydrogens (tertiary/aromatic N) is 6. The molecule has 0 spiro atoms. The molecule has 3 amide bonds. The van der Waals surface area contributed by atoms with E-state index in [0.29, 0.717) is 18.9 Å². The molecule has 5 atom stereocenters. The number of amides is 3. The Labute approximate surface area is 234 Å². The van der Waals surface area contributed by atoms with Gasteiger partial charge in [0, 0.05) is 62.4 Å². The van der Waals surface area contributed by atoms with E-state index in [0.717, 1.165) is 36.9 Å². The molecule has 0 bridgehead atoms. The van der Waals surface area contributed by atoms with Crippen molar-refractivity contribution in [2.24, 2.45) is 11.3 Å². The van der Waals surface area contributed by atoms with E-state index in [1.165, 1.54) is 4.90 Å². The van der Waals surface area contributed by atoms with Gasteiger partial charge < -0.3 is 20.2 Å². The Morgan fingerprint density at radius 3 is 2.52 bits per heavy atom. The summed E-state index contributed by atoms with van der Waals surface area (Å²) in [6.45, 7) is 6.31. The number of pyridine rings is 1. The minimum Gasteiger partial charge on any atom is -0.391 e. The molecule has 0 radical (unpaired) electrons. The van der Waals surface area contributed by atoms with Crippen LogP contribution in [-0.4, -0.2) is 83.9 Å². The van der Waals surface area contributed by atoms with Crippen molar-refractivity contribution in [2.45, 2.75) is 95.5 Å². The first-order valence-corrected chi connectivity index (χ1v) is 14.5. The number of β-amino-alcohol motifs (C(OH)–C–C–N with tert-alkyl or cyclic N) is 1. The van der Waals surface area contributed by atoms with Gasteiger partial charge in [0.2, 0.25) is 17.7 Å². The fourth-order valence-corrected chi connectivity index (χ4v) is 6.46. The van der Waals surface area contributed by atoms with Gasteiger partial charge in [-0.2, -0.15) is 0 Å². The smallest absolute Gasteiger partial charge is 0.248 e. The lowest BCUT2D eigenvalue weighted by atomic mass is 9.85. The predicted octanol–water partition coefficient (Wildman–Crippen LogP) is 1.97. The van der Waals surface area contributed by atoms with Gasteiger partial charge in [0.25, 0.3) is 0 Å². The van der Waals surface area contributed by atoms with Crippen LogP contribution in [0.15, 0.2) is 30.7 Å². The molecule has 2 saturated heterocycles. The zero-order valence-electron chi connectivity index (χ0n) is 23.4. The summed E-state index contributed by atoms with van der Waals surface area (Å²) in [4.78, 5) is 48.2. The van der Waals surface area contributed by atoms with Gasteiger partial charge in [-0.3, -0.25) is 19.4 Å². The topological polar surface area (TPSA) is 134 Å². The molecule has 2 aliphatic heterocycles. The van der Waals surface area contributed by atoms with Crippen LogP contribution in [0.5, 0.6) is 0 Å². The molecule has 2 unspecified atom stereocenters. The summed E-state index contributed by atoms with van der Waals surface area (Å²) < 4.78 is 1.63. The Morgan fingerprint density at radius 2 is 1.88 bits per heavy atom. The van der Waals surface area contributed by atoms with Crippen molar-refractivity contribution in [3.05, 3.63) is 42.0 Å². The average molecular weight is 550 g/mol. The molecule has 2 aromatic heterocycles. The summed E-state index contributed by atoms with van der Waals surface area (Å²) in [5.41, 5.74) is 1.42. The fourth-order valence-electron chi connectivity index (χ4n) is 6.46. The number of likely N-dealkylation sites (tertiary alicyclic amines) is 2. The molecule has 4 fully saturated rings. The normalized spacial score (nSPS) is 27.8. The van der Waals surface area contributed by atoms with Crippen molar-refractivity contribution >= 4 is 17.7 Å². The van der Waals surface area contributed by atoms with Crippen LogP contribution in [0.4, 0.5) is 0 Å². The third-order valence-electron chi connectivity index (χ3n) is 8.70. The van der Waals surface area contributed by atoms with Gasteiger partial charge in [0.05, 0.1) is 17.8 Å². The summed E-state index contributed by atoms with van der Waals surface area (Å²) in [6.07, 6.45) is 9.24. The Balaban J connectivity index is 1.18. The van der Waals surface area contributed by atoms with Gasteiger partial charge in [0.15, 0.2) is 0 Å². The van der Waals surface area contributed by atoms with Crippen molar-refractivity contribution < 1.29 is 19.5 Å². The largest absolute Gasteiger partial charge is 0.391 e. The van der Waals surface area contributed by atoms with Gasteiger partial charge in [-0.15, -0.1) is 5.10 Å². The Kier molecular flexibility index (Phi) is 6.88. The van der Waals surface area contributed by atoms with E-state index in [-0.39, 0.29) is 48.7 Å². The van der Waals surface area contributed by atoms with Crippen LogP contribution >= 0.6 is 0 Å². The molecule has 2 N–H and O–H groups in total. The van der Waals surface area contributed by atoms with E-state index >= 15 is 0 Å². The molecule has 2 aliphatic carbocycles. The summed E-state index contributed by atoms with van der Waals surface area (Å²) >= 11 is 0. The number of carbonyl (C=O) groups excluding carboxylic acids is 3. The maximum absolute atomic E-state index is 14.0. The summed E-state index contributed by atoms with van der Waals surface area (Å²) in [6, 6.07) is 2.56. The van der Waals surface area contributed by atoms with Crippen molar-refractivity contribution in [1.29, 1.82) is 0 Å². The van der Waals surface area contributed by atoms with Crippen molar-refractivity contribution in [2.75, 3.05) is 13.1 Å². The van der Waals surface area contributed by atoms with E-state index in [9.17, 15) is 19.5 Å². The lowest BCUT2D eigenvalue weighted by Crippen LogP contribution is -2.51. The van der Waals surface area contributed by atoms with Gasteiger partial charge in [-0.1, -0.05) is 26.0 Å². The van der Waals surface area contributed by atoms with E-state index in [4.69, 9.17) is 0 Å². The molecule has 214 valence electrons. The third kappa shape index (κ3) is 5.23. The van der Waals surface area contributed by atoms with Crippen molar-refractivity contribution in [1.82, 2.24) is 35.1 Å². The summed E-state index contributed by atoms with van der Waals surface area (Å²) in [5, 5.41) is 22.2. The molecule has 0 aromatic carbocycles. The van der Waals surface area contributed by atoms with E-state index in [2.05, 4.69) is 20.6 Å². The number of nitrogens with one attached hydrogen (secondary N) is 1. The minimum atomic E-state index is -0.796. The second kappa shape index (κ2) is 10.2. The van der Waals surface area contributed by atoms with Crippen LogP contribution in [0.25, 0.3) is 0 Å². The highest BCUT2D eigenvalue weighted by atomic mass is 16.3. The zero-order chi connectivity index (χ0) is 28.2. The minimum absolute atomic E-state index is 0.0880. The van der Waals surface area contributed by atoms with Crippen LogP contribution in [0, 0.1) is 11.3 Å². The number of aromatic nitrogens is 4. The standard InChI is InChI=1S/C29H39N7O4/c1-29(2,3)26(35-16-22(32-33-35)17-4-5-17)28(40)34-15-21(37)13-23(34)27(39)31-14-19-12-24(38)36(20-6-7-20)25(19)18-8-10-30-11-9-18/h8-11,16-17,19-21,23,25-26,37H,4-7,12-15H2,1-3H3,(H,31,39)/t19-,21?,23?,25-,26+/m0/s1. The molecule has 2 saturated carbocycles. The molecular weight excluding hydrogens is 510 g/mol. The first-order chi connectivity index (χ1) is 19.1. The highest BCUT2D eigenvalue weighted by Gasteiger charge is 2.48. The van der Waals surface area contributed by atoms with Crippen LogP contribution in [0.2, 0.25) is 0 Å². The van der Waals surface area contributed by atoms with E-state index in [1.54, 1.807) is 17.1 Å². The second-order valence-corrected chi connectivity index (χ2v) is 13.0. The van der Waals surface area contributed by atoms with Crippen LogP contribution < -0.4 is 5.32 Å². The van der Waals surface area contributed by atoms with Gasteiger partial charge in [-0.25, -0.2) is 4.68 Å². The lowest BCUT2D eigenvalue weighted by Gasteiger charge is -2.34. The number of aliphatic hydroxyl groups excluding tert-OH is 1. The molecule has 11 heteroatoms. The highest BCUT2D eigenvalue weighted by Crippen LogP contribution is 2.45. The predicted molar refractivity (Wildman–Crippen MR) is 145 cm³/mol. The Morgan fingerprint density at radius 1 is 1.15 bits per heavy atom. The first-order valence-electron chi connectivity index (χ1n) is 14.5. The second-order valence-electron chi connectivity index (χ2n) is 13.0. The monoisotopic (exact) mass is 549 g/mol. The maximum Gasteiger partial charge on any atom is 0.248 e. The van der Waals surface area contributed by atoms with E-state index in [1.807, 2.05) is 44.0 Å². The molecule has 4 heterocycles. The first kappa shape index (κ1) is 26.9. The van der Waals surface area contributed by atoms with Crippen molar-refractivity contribution in [3.8, 4) is 0 Å². The molecular formula is C29H39N7O4. The molecule has 6 rings (SSSR count). The van der Waals surface area contributed by atoms with Gasteiger partial charge in [-0.05, 0) is 48.8 Å². The third-order valence-corrected chi connectivity index (χ3v) is 8.70. The number of rotatable bonds is 8. The maximum atomic E-state index is 14.0. The van der Waals surface area contributed by atoms with E-state index < -0.39 is 23.6 Å². The zero-order valence-corrected chi connectivity index (χ0v) is 23.4. The quantitative estimate of drug-likeness (QED) is 0.514. The number of hydrogen-bond acceptors (Lipinski definition) is 7. The van der Waals surface area contributed by atoms with Crippen LogP contribution in [0.3, 0.4) is 0 Å². The number of aliphatic hydroxyl groups is 1. The Bertz CT molecular complexity index is 1270. The number of carbonyl (C=O) groups is 3. The highest BCUT2D eigenvalue weighted by molar-refractivity contribution is 5.90. The molecule has 2 aromatic rings. The van der Waals surface area contributed by atoms with Gasteiger partial charge in [0.1, 0.15) is 12.1 Å². The summed E-state index contributed by atoms with van der Waals surface area (Å²) in [7, 11) is 0. The lowest BCUT2D eigenvalue weighted by molar-refractivity contribution is -0.144. The number of hydrogen-bond donors (Lipinski definition) is 2. The SMILES string of the molecule is CC(C)(C)[C@@H](C(=O)N1CC(O)CC1C(=O)NC[C@@H]1CC(=O)N(C2CC2)[C@H]1c1ccncc1)n1cc(C2CC2)nn1.